The number of amides is 1. The number of ether oxygens (including phenoxy) is 1. The maximum Gasteiger partial charge on any atom is 0.272 e. The highest BCUT2D eigenvalue weighted by atomic mass is 16.5. The fraction of sp³-hybridized carbons (Fsp3) is 0.500. The second kappa shape index (κ2) is 5.57. The highest BCUT2D eigenvalue weighted by Gasteiger charge is 2.39. The Morgan fingerprint density at radius 3 is 2.70 bits per heavy atom. The maximum absolute atomic E-state index is 12.9. The molecule has 0 saturated carbocycles. The standard InChI is InChI=1S/C18H23N3O2/c1-20-13-6-7-14(20)10-12(9-13)19-18(22)17-16(23-2)11-15-5-3-4-8-21(15)17/h3-5,8,11-14H,6-7,9-10H2,1-2H3,(H,19,22). The first-order valence-corrected chi connectivity index (χ1v) is 8.34. The number of pyridine rings is 1. The van der Waals surface area contributed by atoms with Crippen molar-refractivity contribution in [1.82, 2.24) is 14.6 Å². The maximum atomic E-state index is 12.9. The third kappa shape index (κ3) is 2.39. The normalized spacial score (nSPS) is 27.3. The highest BCUT2D eigenvalue weighted by molar-refractivity contribution is 5.97. The van der Waals surface area contributed by atoms with Crippen LogP contribution >= 0.6 is 0 Å². The first-order chi connectivity index (χ1) is 11.2. The van der Waals surface area contributed by atoms with Gasteiger partial charge in [-0.2, -0.15) is 0 Å². The van der Waals surface area contributed by atoms with E-state index in [4.69, 9.17) is 4.74 Å². The summed E-state index contributed by atoms with van der Waals surface area (Å²) in [5, 5.41) is 3.24. The average Bonchev–Trinajstić information content (AvgIpc) is 3.01. The minimum Gasteiger partial charge on any atom is -0.494 e. The van der Waals surface area contributed by atoms with E-state index in [1.165, 1.54) is 12.8 Å². The average molecular weight is 313 g/mol. The van der Waals surface area contributed by atoms with Gasteiger partial charge in [-0.3, -0.25) is 4.79 Å². The van der Waals surface area contributed by atoms with Gasteiger partial charge in [0.05, 0.1) is 7.11 Å². The molecule has 4 heterocycles. The lowest BCUT2D eigenvalue weighted by Crippen LogP contribution is -2.48. The van der Waals surface area contributed by atoms with E-state index < -0.39 is 0 Å². The molecule has 0 radical (unpaired) electrons. The number of rotatable bonds is 3. The molecule has 5 nitrogen and oxygen atoms in total. The Labute approximate surface area is 136 Å². The summed E-state index contributed by atoms with van der Waals surface area (Å²) in [5.74, 6) is 0.589. The van der Waals surface area contributed by atoms with Crippen LogP contribution in [-0.2, 0) is 0 Å². The number of carbonyl (C=O) groups is 1. The van der Waals surface area contributed by atoms with Gasteiger partial charge in [-0.1, -0.05) is 6.07 Å². The molecule has 2 bridgehead atoms. The van der Waals surface area contributed by atoms with Gasteiger partial charge < -0.3 is 19.4 Å². The molecule has 2 aliphatic rings. The largest absolute Gasteiger partial charge is 0.494 e. The summed E-state index contributed by atoms with van der Waals surface area (Å²) in [6, 6.07) is 9.28. The van der Waals surface area contributed by atoms with Gasteiger partial charge in [0, 0.05) is 35.9 Å². The van der Waals surface area contributed by atoms with Crippen LogP contribution in [0, 0.1) is 0 Å². The summed E-state index contributed by atoms with van der Waals surface area (Å²) in [6.45, 7) is 0. The minimum absolute atomic E-state index is 0.0398. The number of piperidine rings is 1. The monoisotopic (exact) mass is 313 g/mol. The van der Waals surface area contributed by atoms with Crippen LogP contribution in [0.5, 0.6) is 5.75 Å². The minimum atomic E-state index is -0.0398. The molecule has 2 aliphatic heterocycles. The van der Waals surface area contributed by atoms with Gasteiger partial charge in [0.25, 0.3) is 5.91 Å². The van der Waals surface area contributed by atoms with E-state index in [0.29, 0.717) is 23.5 Å². The van der Waals surface area contributed by atoms with E-state index in [9.17, 15) is 4.79 Å². The van der Waals surface area contributed by atoms with Crippen LogP contribution in [0.3, 0.4) is 0 Å². The van der Waals surface area contributed by atoms with Crippen LogP contribution in [0.2, 0.25) is 0 Å². The molecule has 2 fully saturated rings. The molecule has 122 valence electrons. The lowest BCUT2D eigenvalue weighted by Gasteiger charge is -2.36. The van der Waals surface area contributed by atoms with Gasteiger partial charge in [-0.25, -0.2) is 0 Å². The summed E-state index contributed by atoms with van der Waals surface area (Å²) in [7, 11) is 3.82. The number of methoxy groups -OCH3 is 1. The predicted molar refractivity (Wildman–Crippen MR) is 89.0 cm³/mol. The molecule has 5 heteroatoms. The molecule has 2 unspecified atom stereocenters. The zero-order valence-electron chi connectivity index (χ0n) is 13.7. The van der Waals surface area contributed by atoms with Gasteiger partial charge >= 0.3 is 0 Å². The Balaban J connectivity index is 1.58. The third-order valence-corrected chi connectivity index (χ3v) is 5.51. The van der Waals surface area contributed by atoms with Crippen molar-refractivity contribution in [3.8, 4) is 5.75 Å². The Hall–Kier alpha value is -2.01. The summed E-state index contributed by atoms with van der Waals surface area (Å²) in [4.78, 5) is 15.3. The Kier molecular flexibility index (Phi) is 3.53. The number of carbonyl (C=O) groups excluding carboxylic acids is 1. The van der Waals surface area contributed by atoms with Gasteiger partial charge in [0.15, 0.2) is 11.4 Å². The molecule has 23 heavy (non-hydrogen) atoms. The second-order valence-corrected chi connectivity index (χ2v) is 6.75. The molecule has 2 aromatic rings. The Morgan fingerprint density at radius 1 is 1.26 bits per heavy atom. The molecule has 1 N–H and O–H groups in total. The first-order valence-electron chi connectivity index (χ1n) is 8.34. The molecule has 1 amide bonds. The fourth-order valence-electron chi connectivity index (χ4n) is 4.26. The number of hydrogen-bond donors (Lipinski definition) is 1. The van der Waals surface area contributed by atoms with Crippen molar-refractivity contribution in [1.29, 1.82) is 0 Å². The molecule has 0 aliphatic carbocycles. The Morgan fingerprint density at radius 2 is 2.00 bits per heavy atom. The summed E-state index contributed by atoms with van der Waals surface area (Å²) in [5.41, 5.74) is 1.56. The quantitative estimate of drug-likeness (QED) is 0.946. The van der Waals surface area contributed by atoms with Crippen molar-refractivity contribution in [2.75, 3.05) is 14.2 Å². The molecule has 2 atom stereocenters. The molecule has 0 aromatic carbocycles. The molecule has 4 rings (SSSR count). The van der Waals surface area contributed by atoms with Gasteiger partial charge in [0.2, 0.25) is 0 Å². The van der Waals surface area contributed by atoms with E-state index >= 15 is 0 Å². The zero-order chi connectivity index (χ0) is 16.0. The van der Waals surface area contributed by atoms with Crippen LogP contribution in [0.1, 0.15) is 36.2 Å². The highest BCUT2D eigenvalue weighted by Crippen LogP contribution is 2.34. The molecule has 2 aromatic heterocycles. The zero-order valence-corrected chi connectivity index (χ0v) is 13.7. The summed E-state index contributed by atoms with van der Waals surface area (Å²) >= 11 is 0. The number of aromatic nitrogens is 1. The van der Waals surface area contributed by atoms with Crippen LogP contribution in [-0.4, -0.2) is 47.5 Å². The second-order valence-electron chi connectivity index (χ2n) is 6.75. The van der Waals surface area contributed by atoms with Crippen LogP contribution in [0.4, 0.5) is 0 Å². The van der Waals surface area contributed by atoms with Crippen LogP contribution < -0.4 is 10.1 Å². The number of fused-ring (bicyclic) bond motifs is 3. The van der Waals surface area contributed by atoms with Gasteiger partial charge in [0.1, 0.15) is 0 Å². The van der Waals surface area contributed by atoms with Crippen LogP contribution in [0.25, 0.3) is 5.52 Å². The number of nitrogens with zero attached hydrogens (tertiary/aromatic N) is 2. The summed E-state index contributed by atoms with van der Waals surface area (Å²) < 4.78 is 7.32. The van der Waals surface area contributed by atoms with Crippen molar-refractivity contribution in [3.05, 3.63) is 36.2 Å². The van der Waals surface area contributed by atoms with E-state index in [1.54, 1.807) is 7.11 Å². The summed E-state index contributed by atoms with van der Waals surface area (Å²) in [6.07, 6.45) is 6.51. The van der Waals surface area contributed by atoms with Crippen molar-refractivity contribution in [3.63, 3.8) is 0 Å². The van der Waals surface area contributed by atoms with Crippen molar-refractivity contribution < 1.29 is 9.53 Å². The first kappa shape index (κ1) is 14.6. The van der Waals surface area contributed by atoms with Gasteiger partial charge in [-0.05, 0) is 44.9 Å². The van der Waals surface area contributed by atoms with E-state index in [2.05, 4.69) is 17.3 Å². The van der Waals surface area contributed by atoms with E-state index in [-0.39, 0.29) is 11.9 Å². The van der Waals surface area contributed by atoms with Crippen molar-refractivity contribution in [2.45, 2.75) is 43.8 Å². The smallest absolute Gasteiger partial charge is 0.272 e. The molecular formula is C18H23N3O2. The Bertz CT molecular complexity index is 725. The lowest BCUT2D eigenvalue weighted by atomic mass is 9.98. The molecule has 2 saturated heterocycles. The van der Waals surface area contributed by atoms with E-state index in [0.717, 1.165) is 18.4 Å². The molecule has 0 spiro atoms. The van der Waals surface area contributed by atoms with Gasteiger partial charge in [-0.15, -0.1) is 0 Å². The lowest BCUT2D eigenvalue weighted by molar-refractivity contribution is 0.0874. The SMILES string of the molecule is COc1cc2ccccn2c1C(=O)NC1CC2CCC(C1)N2C. The van der Waals surface area contributed by atoms with Crippen LogP contribution in [0.15, 0.2) is 30.5 Å². The number of nitrogens with one attached hydrogen (secondary N) is 1. The van der Waals surface area contributed by atoms with Crippen molar-refractivity contribution >= 4 is 11.4 Å². The third-order valence-electron chi connectivity index (χ3n) is 5.51. The topological polar surface area (TPSA) is 46.0 Å². The van der Waals surface area contributed by atoms with Crippen molar-refractivity contribution in [2.24, 2.45) is 0 Å². The molecular weight excluding hydrogens is 290 g/mol. The predicted octanol–water partition coefficient (Wildman–Crippen LogP) is 2.30. The van der Waals surface area contributed by atoms with E-state index in [1.807, 2.05) is 34.9 Å². The number of hydrogen-bond acceptors (Lipinski definition) is 3. The fourth-order valence-corrected chi connectivity index (χ4v) is 4.26.